The molecule has 1 aliphatic heterocycles. The van der Waals surface area contributed by atoms with E-state index in [0.29, 0.717) is 0 Å². The summed E-state index contributed by atoms with van der Waals surface area (Å²) in [6.45, 7) is 9.02. The van der Waals surface area contributed by atoms with Crippen LogP contribution in [0, 0.1) is 5.41 Å². The molecule has 0 spiro atoms. The third-order valence-electron chi connectivity index (χ3n) is 3.86. The van der Waals surface area contributed by atoms with Crippen molar-refractivity contribution in [1.82, 2.24) is 4.31 Å². The third-order valence-corrected chi connectivity index (χ3v) is 5.80. The molecule has 23 heavy (non-hydrogen) atoms. The summed E-state index contributed by atoms with van der Waals surface area (Å²) >= 11 is 3.57. The van der Waals surface area contributed by atoms with E-state index in [0.717, 1.165) is 6.42 Å². The first kappa shape index (κ1) is 18.4. The van der Waals surface area contributed by atoms with E-state index in [2.05, 4.69) is 87.3 Å². The van der Waals surface area contributed by atoms with E-state index in [9.17, 15) is 0 Å². The zero-order chi connectivity index (χ0) is 17.0. The van der Waals surface area contributed by atoms with Crippen molar-refractivity contribution in [1.29, 1.82) is 0 Å². The fourth-order valence-electron chi connectivity index (χ4n) is 2.25. The molecule has 0 atom stereocenters. The van der Waals surface area contributed by atoms with Gasteiger partial charge in [-0.05, 0) is 60.4 Å². The van der Waals surface area contributed by atoms with Crippen LogP contribution in [0.2, 0.25) is 0 Å². The Balaban J connectivity index is 2.07. The van der Waals surface area contributed by atoms with Crippen molar-refractivity contribution in [3.63, 3.8) is 0 Å². The summed E-state index contributed by atoms with van der Waals surface area (Å²) < 4.78 is 2.10. The summed E-state index contributed by atoms with van der Waals surface area (Å²) in [6.07, 6.45) is 3.43. The van der Waals surface area contributed by atoms with Crippen LogP contribution in [-0.4, -0.2) is 18.4 Å². The molecular formula is C20H27NS2. The number of nitrogens with zero attached hydrogens (tertiary/aromatic N) is 1. The molecule has 0 unspecified atom stereocenters. The molecule has 0 radical (unpaired) electrons. The van der Waals surface area contributed by atoms with Crippen molar-refractivity contribution in [2.75, 3.05) is 14.1 Å². The maximum Gasteiger partial charge on any atom is 0.0152 e. The minimum absolute atomic E-state index is 0.269. The van der Waals surface area contributed by atoms with Gasteiger partial charge in [0.15, 0.2) is 0 Å². The van der Waals surface area contributed by atoms with E-state index in [4.69, 9.17) is 0 Å². The summed E-state index contributed by atoms with van der Waals surface area (Å²) in [4.78, 5) is 1.37. The number of benzene rings is 1. The Labute approximate surface area is 150 Å². The molecule has 124 valence electrons. The molecule has 1 aromatic carbocycles. The Morgan fingerprint density at radius 2 is 1.83 bits per heavy atom. The van der Waals surface area contributed by atoms with Crippen LogP contribution in [0.4, 0.5) is 0 Å². The SMILES string of the molecule is C/C(=C\SN(C)C)c1ccc(C2=CCC(C(C)(C)C)=CS2)cc1. The summed E-state index contributed by atoms with van der Waals surface area (Å²) in [5.41, 5.74) is 5.69. The monoisotopic (exact) mass is 345 g/mol. The summed E-state index contributed by atoms with van der Waals surface area (Å²) in [5.74, 6) is 0. The van der Waals surface area contributed by atoms with E-state index in [1.165, 1.54) is 27.2 Å². The molecule has 0 amide bonds. The van der Waals surface area contributed by atoms with Crippen molar-refractivity contribution in [2.24, 2.45) is 5.41 Å². The molecule has 2 rings (SSSR count). The van der Waals surface area contributed by atoms with Crippen LogP contribution in [-0.2, 0) is 0 Å². The standard InChI is InChI=1S/C20H27NS2/c1-15(13-23-21(5)6)16-7-9-17(10-8-16)19-12-11-18(14-22-19)20(2,3)4/h7-10,12-14H,11H2,1-6H3/b15-13+. The van der Waals surface area contributed by atoms with Crippen molar-refractivity contribution >= 4 is 34.2 Å². The van der Waals surface area contributed by atoms with Gasteiger partial charge in [-0.2, -0.15) is 0 Å². The van der Waals surface area contributed by atoms with Gasteiger partial charge in [-0.15, -0.1) is 0 Å². The van der Waals surface area contributed by atoms with Crippen molar-refractivity contribution in [3.05, 3.63) is 57.9 Å². The molecule has 0 bridgehead atoms. The van der Waals surface area contributed by atoms with Gasteiger partial charge < -0.3 is 0 Å². The quantitative estimate of drug-likeness (QED) is 0.561. The van der Waals surface area contributed by atoms with E-state index < -0.39 is 0 Å². The maximum absolute atomic E-state index is 2.37. The Morgan fingerprint density at radius 3 is 2.30 bits per heavy atom. The molecule has 0 N–H and O–H groups in total. The normalized spacial score (nSPS) is 16.4. The molecule has 1 aromatic rings. The number of thioether (sulfide) groups is 1. The lowest BCUT2D eigenvalue weighted by Crippen LogP contribution is -2.09. The highest BCUT2D eigenvalue weighted by atomic mass is 32.2. The zero-order valence-electron chi connectivity index (χ0n) is 15.0. The Morgan fingerprint density at radius 1 is 1.17 bits per heavy atom. The number of hydrogen-bond acceptors (Lipinski definition) is 3. The number of hydrogen-bond donors (Lipinski definition) is 0. The lowest BCUT2D eigenvalue weighted by Gasteiger charge is -2.25. The van der Waals surface area contributed by atoms with Gasteiger partial charge in [0, 0.05) is 4.91 Å². The van der Waals surface area contributed by atoms with Crippen LogP contribution >= 0.6 is 23.7 Å². The first-order chi connectivity index (χ1) is 10.8. The Bertz CT molecular complexity index is 629. The molecule has 0 aliphatic carbocycles. The average molecular weight is 346 g/mol. The highest BCUT2D eigenvalue weighted by molar-refractivity contribution is 8.11. The van der Waals surface area contributed by atoms with Crippen LogP contribution in [0.5, 0.6) is 0 Å². The summed E-state index contributed by atoms with van der Waals surface area (Å²) in [7, 11) is 4.12. The molecule has 1 aliphatic rings. The minimum Gasteiger partial charge on any atom is -0.253 e. The highest BCUT2D eigenvalue weighted by Crippen LogP contribution is 2.40. The van der Waals surface area contributed by atoms with Gasteiger partial charge in [0.1, 0.15) is 0 Å². The van der Waals surface area contributed by atoms with Crippen LogP contribution in [0.1, 0.15) is 45.2 Å². The van der Waals surface area contributed by atoms with E-state index in [1.807, 2.05) is 11.8 Å². The molecular weight excluding hydrogens is 318 g/mol. The topological polar surface area (TPSA) is 3.24 Å². The van der Waals surface area contributed by atoms with Gasteiger partial charge in [0.05, 0.1) is 0 Å². The molecule has 0 saturated carbocycles. The molecule has 1 nitrogen and oxygen atoms in total. The molecule has 0 saturated heterocycles. The van der Waals surface area contributed by atoms with Crippen molar-refractivity contribution < 1.29 is 0 Å². The smallest absolute Gasteiger partial charge is 0.0152 e. The van der Waals surface area contributed by atoms with Crippen molar-refractivity contribution in [2.45, 2.75) is 34.1 Å². The van der Waals surface area contributed by atoms with Gasteiger partial charge in [-0.3, -0.25) is 4.31 Å². The summed E-state index contributed by atoms with van der Waals surface area (Å²) in [5, 5.41) is 4.53. The van der Waals surface area contributed by atoms with E-state index in [-0.39, 0.29) is 5.41 Å². The van der Waals surface area contributed by atoms with Crippen LogP contribution < -0.4 is 0 Å². The second kappa shape index (κ2) is 7.78. The maximum atomic E-state index is 2.37. The first-order valence-electron chi connectivity index (χ1n) is 7.95. The molecule has 3 heteroatoms. The lowest BCUT2D eigenvalue weighted by molar-refractivity contribution is 0.495. The molecule has 1 heterocycles. The Hall–Kier alpha value is -0.900. The predicted molar refractivity (Wildman–Crippen MR) is 109 cm³/mol. The largest absolute Gasteiger partial charge is 0.253 e. The van der Waals surface area contributed by atoms with E-state index >= 15 is 0 Å². The first-order valence-corrected chi connectivity index (χ1v) is 9.67. The van der Waals surface area contributed by atoms with Crippen LogP contribution in [0.3, 0.4) is 0 Å². The van der Waals surface area contributed by atoms with Gasteiger partial charge in [0.2, 0.25) is 0 Å². The fourth-order valence-corrected chi connectivity index (χ4v) is 3.93. The second-order valence-electron chi connectivity index (χ2n) is 7.08. The van der Waals surface area contributed by atoms with Crippen molar-refractivity contribution in [3.8, 4) is 0 Å². The number of allylic oxidation sites excluding steroid dienone is 3. The summed E-state index contributed by atoms with van der Waals surface area (Å²) in [6, 6.07) is 8.92. The molecule has 0 fully saturated rings. The van der Waals surface area contributed by atoms with Gasteiger partial charge in [0.25, 0.3) is 0 Å². The van der Waals surface area contributed by atoms with Gasteiger partial charge >= 0.3 is 0 Å². The minimum atomic E-state index is 0.269. The zero-order valence-corrected chi connectivity index (χ0v) is 16.6. The molecule has 0 aromatic heterocycles. The fraction of sp³-hybridized carbons (Fsp3) is 0.400. The second-order valence-corrected chi connectivity index (χ2v) is 9.17. The van der Waals surface area contributed by atoms with Gasteiger partial charge in [-0.25, -0.2) is 0 Å². The van der Waals surface area contributed by atoms with Crippen LogP contribution in [0.25, 0.3) is 10.5 Å². The van der Waals surface area contributed by atoms with E-state index in [1.54, 1.807) is 11.9 Å². The van der Waals surface area contributed by atoms with Crippen LogP contribution in [0.15, 0.2) is 46.7 Å². The predicted octanol–water partition coefficient (Wildman–Crippen LogP) is 6.67. The highest BCUT2D eigenvalue weighted by Gasteiger charge is 2.19. The average Bonchev–Trinajstić information content (AvgIpc) is 2.52. The third kappa shape index (κ3) is 5.30. The number of rotatable bonds is 4. The van der Waals surface area contributed by atoms with Gasteiger partial charge in [-0.1, -0.05) is 80.4 Å². The lowest BCUT2D eigenvalue weighted by atomic mass is 9.85. The Kier molecular flexibility index (Phi) is 6.24.